The minimum Gasteiger partial charge on any atom is -0.379 e. The Labute approximate surface area is 129 Å². The average Bonchev–Trinajstić information content (AvgIpc) is 2.27. The number of nitrogens with zero attached hydrogens (tertiary/aromatic N) is 1. The molecular formula is C12H8Br3FN2. The van der Waals surface area contributed by atoms with E-state index in [0.29, 0.717) is 6.54 Å². The second kappa shape index (κ2) is 6.12. The third-order valence-electron chi connectivity index (χ3n) is 2.24. The summed E-state index contributed by atoms with van der Waals surface area (Å²) in [6.07, 6.45) is 2.83. The molecule has 18 heavy (non-hydrogen) atoms. The second-order valence-corrected chi connectivity index (χ2v) is 6.23. The molecule has 0 saturated carbocycles. The second-order valence-electron chi connectivity index (χ2n) is 3.61. The van der Waals surface area contributed by atoms with Crippen LogP contribution in [0.3, 0.4) is 0 Å². The van der Waals surface area contributed by atoms with E-state index < -0.39 is 0 Å². The number of pyridine rings is 1. The van der Waals surface area contributed by atoms with Gasteiger partial charge in [-0.2, -0.15) is 0 Å². The zero-order chi connectivity index (χ0) is 13.1. The summed E-state index contributed by atoms with van der Waals surface area (Å²) in [6, 6.07) is 5.34. The van der Waals surface area contributed by atoms with Crippen LogP contribution < -0.4 is 5.32 Å². The van der Waals surface area contributed by atoms with Gasteiger partial charge in [-0.15, -0.1) is 0 Å². The maximum atomic E-state index is 13.0. The van der Waals surface area contributed by atoms with E-state index in [1.165, 1.54) is 12.3 Å². The fourth-order valence-electron chi connectivity index (χ4n) is 1.45. The lowest BCUT2D eigenvalue weighted by Crippen LogP contribution is -2.02. The van der Waals surface area contributed by atoms with E-state index >= 15 is 0 Å². The van der Waals surface area contributed by atoms with Crippen LogP contribution in [0.15, 0.2) is 44.0 Å². The molecule has 0 aliphatic rings. The quantitative estimate of drug-likeness (QED) is 0.719. The number of rotatable bonds is 3. The smallest absolute Gasteiger partial charge is 0.141 e. The number of halogens is 4. The fourth-order valence-corrected chi connectivity index (χ4v) is 3.99. The van der Waals surface area contributed by atoms with E-state index in [2.05, 4.69) is 58.1 Å². The molecule has 1 aromatic carbocycles. The minimum atomic E-state index is -0.330. The van der Waals surface area contributed by atoms with Gasteiger partial charge in [-0.05, 0) is 55.6 Å². The molecule has 0 amide bonds. The maximum Gasteiger partial charge on any atom is 0.141 e. The van der Waals surface area contributed by atoms with Crippen molar-refractivity contribution < 1.29 is 4.39 Å². The Morgan fingerprint density at radius 1 is 1.06 bits per heavy atom. The van der Waals surface area contributed by atoms with Gasteiger partial charge in [0.25, 0.3) is 0 Å². The normalized spacial score (nSPS) is 10.4. The molecule has 0 aliphatic carbocycles. The van der Waals surface area contributed by atoms with Crippen molar-refractivity contribution in [1.29, 1.82) is 0 Å². The largest absolute Gasteiger partial charge is 0.379 e. The number of benzene rings is 1. The van der Waals surface area contributed by atoms with Crippen LogP contribution in [0.5, 0.6) is 0 Å². The third-order valence-corrected chi connectivity index (χ3v) is 3.95. The average molecular weight is 439 g/mol. The molecule has 0 saturated heterocycles. The highest BCUT2D eigenvalue weighted by Crippen LogP contribution is 2.34. The molecule has 0 fully saturated rings. The molecule has 1 heterocycles. The first kappa shape index (κ1) is 14.0. The van der Waals surface area contributed by atoms with Gasteiger partial charge in [0, 0.05) is 26.2 Å². The maximum absolute atomic E-state index is 13.0. The van der Waals surface area contributed by atoms with Gasteiger partial charge in [0.05, 0.1) is 11.9 Å². The fraction of sp³-hybridized carbons (Fsp3) is 0.0833. The van der Waals surface area contributed by atoms with Crippen LogP contribution in [0.25, 0.3) is 0 Å². The zero-order valence-electron chi connectivity index (χ0n) is 9.05. The van der Waals surface area contributed by atoms with Gasteiger partial charge in [0.15, 0.2) is 0 Å². The highest BCUT2D eigenvalue weighted by atomic mass is 79.9. The molecular weight excluding hydrogens is 431 g/mol. The summed E-state index contributed by atoms with van der Waals surface area (Å²) in [5.74, 6) is -0.330. The highest BCUT2D eigenvalue weighted by Gasteiger charge is 2.06. The molecule has 6 heteroatoms. The van der Waals surface area contributed by atoms with Gasteiger partial charge >= 0.3 is 0 Å². The SMILES string of the molecule is Fc1cncc(CNc2c(Br)cc(Br)cc2Br)c1. The van der Waals surface area contributed by atoms with Crippen LogP contribution in [0.2, 0.25) is 0 Å². The monoisotopic (exact) mass is 436 g/mol. The Kier molecular flexibility index (Phi) is 4.75. The molecule has 0 bridgehead atoms. The summed E-state index contributed by atoms with van der Waals surface area (Å²) in [6.45, 7) is 0.504. The van der Waals surface area contributed by atoms with Crippen molar-refractivity contribution in [2.75, 3.05) is 5.32 Å². The van der Waals surface area contributed by atoms with Crippen molar-refractivity contribution in [2.45, 2.75) is 6.54 Å². The number of hydrogen-bond donors (Lipinski definition) is 1. The van der Waals surface area contributed by atoms with Gasteiger partial charge in [-0.3, -0.25) is 4.98 Å². The zero-order valence-corrected chi connectivity index (χ0v) is 13.8. The first-order valence-corrected chi connectivity index (χ1v) is 7.42. The van der Waals surface area contributed by atoms with E-state index in [1.807, 2.05) is 12.1 Å². The van der Waals surface area contributed by atoms with Crippen molar-refractivity contribution >= 4 is 53.5 Å². The topological polar surface area (TPSA) is 24.9 Å². The lowest BCUT2D eigenvalue weighted by Gasteiger charge is -2.11. The van der Waals surface area contributed by atoms with Gasteiger partial charge in [0.1, 0.15) is 5.82 Å². The Morgan fingerprint density at radius 3 is 2.33 bits per heavy atom. The van der Waals surface area contributed by atoms with Crippen LogP contribution >= 0.6 is 47.8 Å². The first-order chi connectivity index (χ1) is 8.56. The summed E-state index contributed by atoms with van der Waals surface area (Å²) >= 11 is 10.4. The van der Waals surface area contributed by atoms with Crippen LogP contribution in [-0.2, 0) is 6.54 Å². The molecule has 2 aromatic rings. The van der Waals surface area contributed by atoms with Crippen LogP contribution in [0.1, 0.15) is 5.56 Å². The van der Waals surface area contributed by atoms with Crippen molar-refractivity contribution in [3.8, 4) is 0 Å². The van der Waals surface area contributed by atoms with Crippen molar-refractivity contribution in [3.05, 3.63) is 55.4 Å². The lowest BCUT2D eigenvalue weighted by molar-refractivity contribution is 0.619. The molecule has 0 radical (unpaired) electrons. The molecule has 0 spiro atoms. The lowest BCUT2D eigenvalue weighted by atomic mass is 10.2. The van der Waals surface area contributed by atoms with Crippen LogP contribution in [-0.4, -0.2) is 4.98 Å². The van der Waals surface area contributed by atoms with Gasteiger partial charge in [0.2, 0.25) is 0 Å². The molecule has 94 valence electrons. The van der Waals surface area contributed by atoms with Crippen molar-refractivity contribution in [2.24, 2.45) is 0 Å². The predicted molar refractivity (Wildman–Crippen MR) is 81.1 cm³/mol. The summed E-state index contributed by atoms with van der Waals surface area (Å²) < 4.78 is 15.8. The Hall–Kier alpha value is -0.460. The summed E-state index contributed by atoms with van der Waals surface area (Å²) in [4.78, 5) is 3.81. The Bertz CT molecular complexity index is 552. The van der Waals surface area contributed by atoms with Gasteiger partial charge in [-0.25, -0.2) is 4.39 Å². The van der Waals surface area contributed by atoms with E-state index in [9.17, 15) is 4.39 Å². The third kappa shape index (κ3) is 3.52. The number of hydrogen-bond acceptors (Lipinski definition) is 2. The summed E-state index contributed by atoms with van der Waals surface area (Å²) in [7, 11) is 0. The predicted octanol–water partition coefficient (Wildman–Crippen LogP) is 5.12. The molecule has 0 unspecified atom stereocenters. The van der Waals surface area contributed by atoms with Crippen LogP contribution in [0, 0.1) is 5.82 Å². The molecule has 1 aromatic heterocycles. The molecule has 2 nitrogen and oxygen atoms in total. The highest BCUT2D eigenvalue weighted by molar-refractivity contribution is 9.11. The Balaban J connectivity index is 2.16. The first-order valence-electron chi connectivity index (χ1n) is 5.04. The number of anilines is 1. The summed E-state index contributed by atoms with van der Waals surface area (Å²) in [5, 5.41) is 3.23. The molecule has 0 atom stereocenters. The van der Waals surface area contributed by atoms with Gasteiger partial charge in [-0.1, -0.05) is 15.9 Å². The van der Waals surface area contributed by atoms with E-state index in [1.54, 1.807) is 6.20 Å². The number of aromatic nitrogens is 1. The van der Waals surface area contributed by atoms with Crippen LogP contribution in [0.4, 0.5) is 10.1 Å². The minimum absolute atomic E-state index is 0.330. The van der Waals surface area contributed by atoms with Crippen molar-refractivity contribution in [3.63, 3.8) is 0 Å². The summed E-state index contributed by atoms with van der Waals surface area (Å²) in [5.41, 5.74) is 1.71. The molecule has 0 aliphatic heterocycles. The molecule has 2 rings (SSSR count). The van der Waals surface area contributed by atoms with E-state index in [4.69, 9.17) is 0 Å². The number of nitrogens with one attached hydrogen (secondary N) is 1. The van der Waals surface area contributed by atoms with Crippen molar-refractivity contribution in [1.82, 2.24) is 4.98 Å². The Morgan fingerprint density at radius 2 is 1.72 bits per heavy atom. The van der Waals surface area contributed by atoms with Gasteiger partial charge < -0.3 is 5.32 Å². The van der Waals surface area contributed by atoms with E-state index in [0.717, 1.165) is 24.7 Å². The molecule has 1 N–H and O–H groups in total. The standard InChI is InChI=1S/C12H8Br3FN2/c13-8-2-10(14)12(11(15)3-8)18-5-7-1-9(16)6-17-4-7/h1-4,6,18H,5H2. The van der Waals surface area contributed by atoms with E-state index in [-0.39, 0.29) is 5.82 Å².